The van der Waals surface area contributed by atoms with Crippen LogP contribution in [0.5, 0.6) is 0 Å². The molecule has 0 N–H and O–H groups in total. The third-order valence-corrected chi connectivity index (χ3v) is 4.27. The van der Waals surface area contributed by atoms with Crippen LogP contribution in [0.2, 0.25) is 5.82 Å². The predicted octanol–water partition coefficient (Wildman–Crippen LogP) is 4.41. The normalized spacial score (nSPS) is 19.1. The van der Waals surface area contributed by atoms with Crippen molar-refractivity contribution in [2.24, 2.45) is 16.7 Å². The summed E-state index contributed by atoms with van der Waals surface area (Å²) < 4.78 is 0. The van der Waals surface area contributed by atoms with Crippen LogP contribution in [0.25, 0.3) is 0 Å². The molecule has 1 saturated carbocycles. The maximum absolute atomic E-state index is 12.7. The summed E-state index contributed by atoms with van der Waals surface area (Å²) in [6.07, 6.45) is 6.56. The summed E-state index contributed by atoms with van der Waals surface area (Å²) in [6.45, 7) is 13.3. The van der Waals surface area contributed by atoms with Gasteiger partial charge in [-0.05, 0) is 10.8 Å². The van der Waals surface area contributed by atoms with E-state index in [1.807, 2.05) is 0 Å². The molecule has 1 nitrogen and oxygen atoms in total. The van der Waals surface area contributed by atoms with Gasteiger partial charge in [0.05, 0.1) is 5.68 Å². The fraction of sp³-hybridized carbons (Fsp3) is 0.938. The molecule has 18 heavy (non-hydrogen) atoms. The molecule has 0 amide bonds. The maximum Gasteiger partial charge on any atom is 0.208 e. The van der Waals surface area contributed by atoms with Crippen LogP contribution in [-0.2, 0) is 4.79 Å². The van der Waals surface area contributed by atoms with Crippen LogP contribution in [-0.4, -0.2) is 13.0 Å². The molecule has 0 spiro atoms. The zero-order chi connectivity index (χ0) is 14.0. The van der Waals surface area contributed by atoms with Crippen molar-refractivity contribution in [3.63, 3.8) is 0 Å². The largest absolute Gasteiger partial charge is 0.311 e. The van der Waals surface area contributed by atoms with Gasteiger partial charge in [0.15, 0.2) is 0 Å². The van der Waals surface area contributed by atoms with Crippen LogP contribution < -0.4 is 0 Å². The zero-order valence-corrected chi connectivity index (χ0v) is 13.3. The Labute approximate surface area is 114 Å². The highest BCUT2D eigenvalue weighted by Gasteiger charge is 2.40. The quantitative estimate of drug-likeness (QED) is 0.678. The topological polar surface area (TPSA) is 17.1 Å². The second kappa shape index (κ2) is 5.80. The summed E-state index contributed by atoms with van der Waals surface area (Å²) in [4.78, 5) is 12.7. The molecule has 2 heteroatoms. The van der Waals surface area contributed by atoms with E-state index in [0.717, 1.165) is 7.28 Å². The van der Waals surface area contributed by atoms with E-state index < -0.39 is 0 Å². The van der Waals surface area contributed by atoms with Crippen LogP contribution in [0.3, 0.4) is 0 Å². The van der Waals surface area contributed by atoms with Gasteiger partial charge in [-0.15, -0.1) is 0 Å². The fourth-order valence-electron chi connectivity index (χ4n) is 4.06. The van der Waals surface area contributed by atoms with E-state index in [-0.39, 0.29) is 16.7 Å². The zero-order valence-electron chi connectivity index (χ0n) is 13.3. The second-order valence-electron chi connectivity index (χ2n) is 8.34. The molecule has 0 saturated heterocycles. The molecule has 1 rings (SSSR count). The third-order valence-electron chi connectivity index (χ3n) is 4.27. The van der Waals surface area contributed by atoms with Crippen LogP contribution in [0.1, 0.15) is 73.6 Å². The summed E-state index contributed by atoms with van der Waals surface area (Å²) in [5.41, 5.74) is 0.649. The molecule has 0 aromatic carbocycles. The van der Waals surface area contributed by atoms with Crippen LogP contribution in [0.4, 0.5) is 0 Å². The van der Waals surface area contributed by atoms with E-state index in [0.29, 0.717) is 11.5 Å². The van der Waals surface area contributed by atoms with Gasteiger partial charge in [-0.2, -0.15) is 0 Å². The van der Waals surface area contributed by atoms with Gasteiger partial charge in [0.25, 0.3) is 0 Å². The molecule has 104 valence electrons. The lowest BCUT2D eigenvalue weighted by Crippen LogP contribution is -2.42. The Morgan fingerprint density at radius 2 is 1.39 bits per heavy atom. The average Bonchev–Trinajstić information content (AvgIpc) is 2.13. The van der Waals surface area contributed by atoms with Crippen LogP contribution >= 0.6 is 0 Å². The Morgan fingerprint density at radius 3 is 1.78 bits per heavy atom. The number of hydrogen-bond acceptors (Lipinski definition) is 1. The van der Waals surface area contributed by atoms with Gasteiger partial charge in [0.2, 0.25) is 7.28 Å². The predicted molar refractivity (Wildman–Crippen MR) is 81.4 cm³/mol. The Hall–Kier alpha value is -0.265. The van der Waals surface area contributed by atoms with Crippen LogP contribution in [0.15, 0.2) is 0 Å². The molecule has 0 atom stereocenters. The molecule has 1 fully saturated rings. The second-order valence-corrected chi connectivity index (χ2v) is 8.34. The summed E-state index contributed by atoms with van der Waals surface area (Å²) in [5, 5.41) is 0. The molecule has 0 bridgehead atoms. The van der Waals surface area contributed by atoms with Crippen molar-refractivity contribution >= 4 is 13.0 Å². The molecule has 1 aliphatic rings. The number of rotatable bonds is 3. The van der Waals surface area contributed by atoms with E-state index in [4.69, 9.17) is 0 Å². The summed E-state index contributed by atoms with van der Waals surface area (Å²) in [5.74, 6) is 0.838. The molecular weight excluding hydrogens is 219 g/mol. The highest BCUT2D eigenvalue weighted by molar-refractivity contribution is 6.75. The average molecular weight is 250 g/mol. The van der Waals surface area contributed by atoms with Crippen molar-refractivity contribution in [3.8, 4) is 0 Å². The van der Waals surface area contributed by atoms with Crippen molar-refractivity contribution in [3.05, 3.63) is 0 Å². The number of carbonyl (C=O) groups is 1. The van der Waals surface area contributed by atoms with Gasteiger partial charge in [-0.25, -0.2) is 0 Å². The highest BCUT2D eigenvalue weighted by atomic mass is 16.1. The van der Waals surface area contributed by atoms with Gasteiger partial charge in [-0.1, -0.05) is 79.5 Å². The minimum absolute atomic E-state index is 0.0734. The molecule has 0 unspecified atom stereocenters. The van der Waals surface area contributed by atoms with Crippen molar-refractivity contribution in [2.75, 3.05) is 0 Å². The van der Waals surface area contributed by atoms with E-state index in [1.165, 1.54) is 32.1 Å². The highest BCUT2D eigenvalue weighted by Crippen LogP contribution is 2.41. The van der Waals surface area contributed by atoms with Gasteiger partial charge < -0.3 is 4.79 Å². The lowest BCUT2D eigenvalue weighted by molar-refractivity contribution is -0.122. The Balaban J connectivity index is 2.71. The standard InChI is InChI=1S/C16H31BO/c1-15(2,3)13(16(4,5)6)14(18)17-12-10-8-7-9-11-12/h12-13,17H,7-11H2,1-6H3. The minimum Gasteiger partial charge on any atom is -0.311 e. The van der Waals surface area contributed by atoms with E-state index in [1.54, 1.807) is 0 Å². The molecule has 0 aromatic heterocycles. The van der Waals surface area contributed by atoms with Gasteiger partial charge in [-0.3, -0.25) is 0 Å². The first-order valence-electron chi connectivity index (χ1n) is 7.65. The van der Waals surface area contributed by atoms with Crippen LogP contribution in [0, 0.1) is 16.7 Å². The smallest absolute Gasteiger partial charge is 0.208 e. The van der Waals surface area contributed by atoms with Crippen molar-refractivity contribution in [1.82, 2.24) is 0 Å². The summed E-state index contributed by atoms with van der Waals surface area (Å²) >= 11 is 0. The lowest BCUT2D eigenvalue weighted by Gasteiger charge is -2.40. The Bertz CT molecular complexity index is 262. The molecule has 0 heterocycles. The van der Waals surface area contributed by atoms with E-state index in [2.05, 4.69) is 41.5 Å². The Morgan fingerprint density at radius 1 is 0.944 bits per heavy atom. The molecule has 1 aliphatic carbocycles. The first-order chi connectivity index (χ1) is 8.12. The maximum atomic E-state index is 12.7. The summed E-state index contributed by atoms with van der Waals surface area (Å²) in [6, 6.07) is 0. The monoisotopic (exact) mass is 250 g/mol. The molecular formula is C16H31BO. The van der Waals surface area contributed by atoms with Gasteiger partial charge in [0, 0.05) is 5.92 Å². The lowest BCUT2D eigenvalue weighted by atomic mass is 9.48. The number of hydrogen-bond donors (Lipinski definition) is 0. The van der Waals surface area contributed by atoms with Crippen molar-refractivity contribution in [1.29, 1.82) is 0 Å². The summed E-state index contributed by atoms with van der Waals surface area (Å²) in [7, 11) is 0.819. The van der Waals surface area contributed by atoms with Gasteiger partial charge in [0.1, 0.15) is 0 Å². The van der Waals surface area contributed by atoms with Gasteiger partial charge >= 0.3 is 0 Å². The van der Waals surface area contributed by atoms with Crippen molar-refractivity contribution < 1.29 is 4.79 Å². The molecule has 0 aliphatic heterocycles. The number of carbonyl (C=O) groups excluding carboxylic acids is 1. The minimum atomic E-state index is 0.0734. The van der Waals surface area contributed by atoms with E-state index in [9.17, 15) is 4.79 Å². The van der Waals surface area contributed by atoms with E-state index >= 15 is 0 Å². The molecule has 0 aromatic rings. The first-order valence-corrected chi connectivity index (χ1v) is 7.65. The third kappa shape index (κ3) is 4.44. The fourth-order valence-corrected chi connectivity index (χ4v) is 4.06. The first kappa shape index (κ1) is 15.8. The van der Waals surface area contributed by atoms with Crippen molar-refractivity contribution in [2.45, 2.75) is 79.5 Å². The SMILES string of the molecule is CC(C)(C)C(C(=O)BC1CCCCC1)C(C)(C)C. The molecule has 0 radical (unpaired) electrons. The Kier molecular flexibility index (Phi) is 5.09.